The lowest BCUT2D eigenvalue weighted by atomic mass is 10.0. The summed E-state index contributed by atoms with van der Waals surface area (Å²) in [5, 5.41) is 15.1. The van der Waals surface area contributed by atoms with Gasteiger partial charge in [-0.05, 0) is 56.2 Å². The predicted molar refractivity (Wildman–Crippen MR) is 148 cm³/mol. The van der Waals surface area contributed by atoms with Gasteiger partial charge in [0.05, 0.1) is 16.3 Å². The van der Waals surface area contributed by atoms with Crippen LogP contribution in [0.1, 0.15) is 56.6 Å². The lowest BCUT2D eigenvalue weighted by molar-refractivity contribution is -0.116. The molecule has 0 radical (unpaired) electrons. The molecule has 0 saturated heterocycles. The van der Waals surface area contributed by atoms with Crippen molar-refractivity contribution in [3.8, 4) is 0 Å². The highest BCUT2D eigenvalue weighted by atomic mass is 35.5. The molecule has 0 aliphatic carbocycles. The van der Waals surface area contributed by atoms with E-state index in [0.29, 0.717) is 22.3 Å². The van der Waals surface area contributed by atoms with Crippen LogP contribution in [0, 0.1) is 5.82 Å². The first-order valence-electron chi connectivity index (χ1n) is 11.8. The molecule has 1 aliphatic heterocycles. The number of carbonyl (C=O) groups is 3. The van der Waals surface area contributed by atoms with Crippen molar-refractivity contribution in [1.29, 1.82) is 0 Å². The van der Waals surface area contributed by atoms with Crippen molar-refractivity contribution < 1.29 is 23.9 Å². The minimum Gasteiger partial charge on any atom is -0.478 e. The fourth-order valence-corrected chi connectivity index (χ4v) is 5.16. The SMILES string of the molecule is CC(C)N1CCc2nc(C(=O)Nc3cc(C(=O)O)ccc3CCC(=O)Nc3ccc(Cl)c(F)c3)sc2C1.Cl. The van der Waals surface area contributed by atoms with Crippen LogP contribution in [0.25, 0.3) is 0 Å². The zero-order chi connectivity index (χ0) is 26.7. The van der Waals surface area contributed by atoms with Gasteiger partial charge in [-0.2, -0.15) is 0 Å². The van der Waals surface area contributed by atoms with Crippen molar-refractivity contribution in [3.05, 3.63) is 73.9 Å². The van der Waals surface area contributed by atoms with Crippen LogP contribution in [0.5, 0.6) is 0 Å². The average molecular weight is 581 g/mol. The van der Waals surface area contributed by atoms with Gasteiger partial charge in [-0.25, -0.2) is 14.2 Å². The van der Waals surface area contributed by atoms with Crippen LogP contribution in [0.4, 0.5) is 15.8 Å². The van der Waals surface area contributed by atoms with Gasteiger partial charge >= 0.3 is 5.97 Å². The molecule has 1 aromatic heterocycles. The number of hydrogen-bond donors (Lipinski definition) is 3. The maximum atomic E-state index is 13.6. The molecule has 0 saturated carbocycles. The third-order valence-electron chi connectivity index (χ3n) is 6.12. The first-order valence-corrected chi connectivity index (χ1v) is 12.9. The lowest BCUT2D eigenvalue weighted by Gasteiger charge is -2.29. The second kappa shape index (κ2) is 12.7. The molecule has 3 N–H and O–H groups in total. The summed E-state index contributed by atoms with van der Waals surface area (Å²) in [5.41, 5.74) is 2.08. The van der Waals surface area contributed by atoms with Gasteiger partial charge in [-0.3, -0.25) is 14.5 Å². The highest BCUT2D eigenvalue weighted by Gasteiger charge is 2.25. The number of hydrogen-bond acceptors (Lipinski definition) is 6. The minimum atomic E-state index is -1.14. The molecule has 3 aromatic rings. The summed E-state index contributed by atoms with van der Waals surface area (Å²) >= 11 is 7.01. The Kier molecular flexibility index (Phi) is 9.83. The summed E-state index contributed by atoms with van der Waals surface area (Å²) in [5.74, 6) is -2.58. The van der Waals surface area contributed by atoms with E-state index in [9.17, 15) is 23.9 Å². The van der Waals surface area contributed by atoms with Crippen molar-refractivity contribution in [2.24, 2.45) is 0 Å². The number of amides is 2. The number of aryl methyl sites for hydroxylation is 1. The van der Waals surface area contributed by atoms with Gasteiger partial charge < -0.3 is 15.7 Å². The second-order valence-corrected chi connectivity index (χ2v) is 10.5. The minimum absolute atomic E-state index is 0. The Morgan fingerprint density at radius 1 is 1.18 bits per heavy atom. The molecule has 38 heavy (non-hydrogen) atoms. The average Bonchev–Trinajstić information content (AvgIpc) is 3.29. The number of carbonyl (C=O) groups excluding carboxylic acids is 2. The van der Waals surface area contributed by atoms with Gasteiger partial charge in [0, 0.05) is 48.2 Å². The molecule has 12 heteroatoms. The van der Waals surface area contributed by atoms with E-state index >= 15 is 0 Å². The Balaban J connectivity index is 0.00000400. The van der Waals surface area contributed by atoms with Gasteiger partial charge in [0.1, 0.15) is 5.82 Å². The molecule has 4 rings (SSSR count). The molecule has 0 atom stereocenters. The van der Waals surface area contributed by atoms with E-state index in [1.54, 1.807) is 6.07 Å². The molecule has 8 nitrogen and oxygen atoms in total. The number of carboxylic acids is 1. The fraction of sp³-hybridized carbons (Fsp3) is 0.308. The van der Waals surface area contributed by atoms with Gasteiger partial charge in [0.15, 0.2) is 5.01 Å². The first kappa shape index (κ1) is 29.5. The quantitative estimate of drug-likeness (QED) is 0.317. The summed E-state index contributed by atoms with van der Waals surface area (Å²) in [6, 6.07) is 8.72. The van der Waals surface area contributed by atoms with Gasteiger partial charge in [-0.15, -0.1) is 23.7 Å². The monoisotopic (exact) mass is 580 g/mol. The fourth-order valence-electron chi connectivity index (χ4n) is 4.02. The number of aromatic nitrogens is 1. The Hall–Kier alpha value is -3.05. The van der Waals surface area contributed by atoms with Crippen LogP contribution < -0.4 is 10.6 Å². The molecule has 2 aromatic carbocycles. The van der Waals surface area contributed by atoms with Crippen LogP contribution in [-0.4, -0.2) is 45.4 Å². The highest BCUT2D eigenvalue weighted by molar-refractivity contribution is 7.13. The first-order chi connectivity index (χ1) is 17.6. The Bertz CT molecular complexity index is 1370. The maximum Gasteiger partial charge on any atom is 0.335 e. The molecular formula is C26H27Cl2FN4O4S. The molecule has 0 bridgehead atoms. The summed E-state index contributed by atoms with van der Waals surface area (Å²) < 4.78 is 13.6. The van der Waals surface area contributed by atoms with E-state index in [2.05, 4.69) is 34.4 Å². The number of nitrogens with one attached hydrogen (secondary N) is 2. The Labute approximate surface area is 234 Å². The van der Waals surface area contributed by atoms with E-state index in [-0.39, 0.29) is 47.4 Å². The summed E-state index contributed by atoms with van der Waals surface area (Å²) in [6.45, 7) is 5.88. The van der Waals surface area contributed by atoms with Gasteiger partial charge in [0.2, 0.25) is 5.91 Å². The number of fused-ring (bicyclic) bond motifs is 1. The van der Waals surface area contributed by atoms with Crippen LogP contribution in [0.3, 0.4) is 0 Å². The number of aromatic carboxylic acids is 1. The van der Waals surface area contributed by atoms with Crippen molar-refractivity contribution in [3.63, 3.8) is 0 Å². The standard InChI is InChI=1S/C26H26ClFN4O4S.ClH/c1-14(2)32-10-9-20-22(13-32)37-25(31-20)24(34)30-21-11-16(26(35)36)4-3-15(21)5-8-23(33)29-17-6-7-18(27)19(28)12-17;/h3-4,6-7,11-12,14H,5,8-10,13H2,1-2H3,(H,29,33)(H,30,34)(H,35,36);1H. The highest BCUT2D eigenvalue weighted by Crippen LogP contribution is 2.28. The third kappa shape index (κ3) is 7.08. The second-order valence-electron chi connectivity index (χ2n) is 9.01. The third-order valence-corrected chi connectivity index (χ3v) is 7.50. The number of halogens is 3. The van der Waals surface area contributed by atoms with Crippen molar-refractivity contribution in [2.75, 3.05) is 17.2 Å². The van der Waals surface area contributed by atoms with E-state index in [0.717, 1.165) is 36.1 Å². The molecule has 0 spiro atoms. The normalized spacial score (nSPS) is 13.0. The molecule has 202 valence electrons. The number of benzene rings is 2. The van der Waals surface area contributed by atoms with Crippen LogP contribution in [-0.2, 0) is 24.2 Å². The van der Waals surface area contributed by atoms with E-state index in [4.69, 9.17) is 11.6 Å². The number of nitrogens with zero attached hydrogens (tertiary/aromatic N) is 2. The van der Waals surface area contributed by atoms with Crippen molar-refractivity contribution >= 4 is 64.5 Å². The van der Waals surface area contributed by atoms with Gasteiger partial charge in [0.25, 0.3) is 5.91 Å². The van der Waals surface area contributed by atoms with E-state index < -0.39 is 17.7 Å². The van der Waals surface area contributed by atoms with E-state index in [1.165, 1.54) is 35.6 Å². The van der Waals surface area contributed by atoms with Crippen LogP contribution >= 0.6 is 35.3 Å². The topological polar surface area (TPSA) is 112 Å². The molecule has 2 amide bonds. The molecule has 2 heterocycles. The van der Waals surface area contributed by atoms with Gasteiger partial charge in [-0.1, -0.05) is 17.7 Å². The number of anilines is 2. The van der Waals surface area contributed by atoms with Crippen molar-refractivity contribution in [1.82, 2.24) is 9.88 Å². The maximum absolute atomic E-state index is 13.6. The van der Waals surface area contributed by atoms with E-state index in [1.807, 2.05) is 0 Å². The largest absolute Gasteiger partial charge is 0.478 e. The number of thiazole rings is 1. The number of carboxylic acid groups (broad SMARTS) is 1. The molecule has 1 aliphatic rings. The zero-order valence-corrected chi connectivity index (χ0v) is 23.1. The summed E-state index contributed by atoms with van der Waals surface area (Å²) in [7, 11) is 0. The lowest BCUT2D eigenvalue weighted by Crippen LogP contribution is -2.35. The number of rotatable bonds is 8. The van der Waals surface area contributed by atoms with Crippen molar-refractivity contribution in [2.45, 2.75) is 45.7 Å². The summed E-state index contributed by atoms with van der Waals surface area (Å²) in [6.07, 6.45) is 1.01. The molecular weight excluding hydrogens is 554 g/mol. The zero-order valence-electron chi connectivity index (χ0n) is 20.7. The molecule has 0 fully saturated rings. The Morgan fingerprint density at radius 2 is 1.95 bits per heavy atom. The van der Waals surface area contributed by atoms with Crippen LogP contribution in [0.2, 0.25) is 5.02 Å². The predicted octanol–water partition coefficient (Wildman–Crippen LogP) is 5.65. The summed E-state index contributed by atoms with van der Waals surface area (Å²) in [4.78, 5) is 44.9. The smallest absolute Gasteiger partial charge is 0.335 e. The Morgan fingerprint density at radius 3 is 2.63 bits per heavy atom. The van der Waals surface area contributed by atoms with Crippen LogP contribution in [0.15, 0.2) is 36.4 Å². The molecule has 0 unspecified atom stereocenters.